The number of ether oxygens (including phenoxy) is 1. The van der Waals surface area contributed by atoms with Gasteiger partial charge in [0.15, 0.2) is 6.10 Å². The third kappa shape index (κ3) is 1.18. The lowest BCUT2D eigenvalue weighted by atomic mass is 10.1. The molecular formula is C8H10O3. The first kappa shape index (κ1) is 7.98. The summed E-state index contributed by atoms with van der Waals surface area (Å²) in [5.74, 6) is -0.663. The standard InChI is InChI=1S/C8H10O3/c1-3-5-7(9)6(4-2)11-8(5)10/h3,6H,4H2,1-2H3/b5-3+. The van der Waals surface area contributed by atoms with Gasteiger partial charge in [-0.1, -0.05) is 13.0 Å². The van der Waals surface area contributed by atoms with E-state index in [0.717, 1.165) is 0 Å². The van der Waals surface area contributed by atoms with Gasteiger partial charge in [-0.05, 0) is 13.3 Å². The predicted molar refractivity (Wildman–Crippen MR) is 38.9 cm³/mol. The summed E-state index contributed by atoms with van der Waals surface area (Å²) in [6.45, 7) is 3.47. The smallest absolute Gasteiger partial charge is 0.342 e. The molecule has 1 aliphatic heterocycles. The van der Waals surface area contributed by atoms with Gasteiger partial charge in [0, 0.05) is 0 Å². The maximum Gasteiger partial charge on any atom is 0.342 e. The van der Waals surface area contributed by atoms with Crippen molar-refractivity contribution in [2.75, 3.05) is 0 Å². The number of esters is 1. The summed E-state index contributed by atoms with van der Waals surface area (Å²) < 4.78 is 4.77. The average molecular weight is 154 g/mol. The second kappa shape index (κ2) is 2.86. The maximum atomic E-state index is 11.2. The van der Waals surface area contributed by atoms with Crippen molar-refractivity contribution in [1.82, 2.24) is 0 Å². The van der Waals surface area contributed by atoms with E-state index >= 15 is 0 Å². The second-order valence-corrected chi connectivity index (χ2v) is 2.37. The zero-order valence-electron chi connectivity index (χ0n) is 6.59. The molecule has 1 unspecified atom stereocenters. The van der Waals surface area contributed by atoms with Crippen molar-refractivity contribution in [3.63, 3.8) is 0 Å². The Hall–Kier alpha value is -1.12. The zero-order valence-corrected chi connectivity index (χ0v) is 6.59. The van der Waals surface area contributed by atoms with Crippen LogP contribution in [0, 0.1) is 0 Å². The molecule has 11 heavy (non-hydrogen) atoms. The van der Waals surface area contributed by atoms with Crippen molar-refractivity contribution < 1.29 is 14.3 Å². The van der Waals surface area contributed by atoms with Crippen LogP contribution in [-0.4, -0.2) is 17.9 Å². The van der Waals surface area contributed by atoms with Crippen molar-refractivity contribution in [3.05, 3.63) is 11.6 Å². The molecule has 1 fully saturated rings. The van der Waals surface area contributed by atoms with Crippen LogP contribution in [0.5, 0.6) is 0 Å². The van der Waals surface area contributed by atoms with Gasteiger partial charge in [-0.15, -0.1) is 0 Å². The zero-order chi connectivity index (χ0) is 8.43. The molecule has 60 valence electrons. The SMILES string of the molecule is C/C=C1/C(=O)OC(CC)C1=O. The number of carbonyl (C=O) groups is 2. The van der Waals surface area contributed by atoms with E-state index in [4.69, 9.17) is 4.74 Å². The summed E-state index contributed by atoms with van der Waals surface area (Å²) in [5.41, 5.74) is 0.192. The first-order valence-electron chi connectivity index (χ1n) is 3.62. The number of cyclic esters (lactones) is 1. The van der Waals surface area contributed by atoms with E-state index in [-0.39, 0.29) is 11.4 Å². The Kier molecular flexibility index (Phi) is 2.08. The van der Waals surface area contributed by atoms with Crippen LogP contribution in [0.4, 0.5) is 0 Å². The molecule has 0 aromatic rings. The lowest BCUT2D eigenvalue weighted by Gasteiger charge is -1.99. The third-order valence-electron chi connectivity index (χ3n) is 1.69. The second-order valence-electron chi connectivity index (χ2n) is 2.37. The van der Waals surface area contributed by atoms with Gasteiger partial charge in [-0.2, -0.15) is 0 Å². The number of hydrogen-bond acceptors (Lipinski definition) is 3. The molecule has 0 spiro atoms. The molecule has 1 aliphatic rings. The van der Waals surface area contributed by atoms with E-state index in [0.29, 0.717) is 6.42 Å². The first-order chi connectivity index (χ1) is 5.20. The van der Waals surface area contributed by atoms with Crippen molar-refractivity contribution >= 4 is 11.8 Å². The third-order valence-corrected chi connectivity index (χ3v) is 1.69. The fourth-order valence-electron chi connectivity index (χ4n) is 1.05. The van der Waals surface area contributed by atoms with Gasteiger partial charge < -0.3 is 4.74 Å². The molecular weight excluding hydrogens is 144 g/mol. The highest BCUT2D eigenvalue weighted by Gasteiger charge is 2.36. The normalized spacial score (nSPS) is 27.8. The van der Waals surface area contributed by atoms with E-state index in [1.54, 1.807) is 6.92 Å². The number of Topliss-reactive ketones (excluding diaryl/α,β-unsaturated/α-hetero) is 1. The number of allylic oxidation sites excluding steroid dienone is 1. The van der Waals surface area contributed by atoms with E-state index in [1.165, 1.54) is 6.08 Å². The van der Waals surface area contributed by atoms with Crippen molar-refractivity contribution in [1.29, 1.82) is 0 Å². The molecule has 0 aromatic carbocycles. The minimum atomic E-state index is -0.534. The van der Waals surface area contributed by atoms with Crippen LogP contribution in [0.1, 0.15) is 20.3 Å². The van der Waals surface area contributed by atoms with Gasteiger partial charge in [0.25, 0.3) is 0 Å². The van der Waals surface area contributed by atoms with Crippen LogP contribution in [-0.2, 0) is 14.3 Å². The molecule has 1 atom stereocenters. The minimum absolute atomic E-state index is 0.181. The van der Waals surface area contributed by atoms with Crippen molar-refractivity contribution in [2.45, 2.75) is 26.4 Å². The van der Waals surface area contributed by atoms with Crippen LogP contribution in [0.3, 0.4) is 0 Å². The summed E-state index contributed by atoms with van der Waals surface area (Å²) in [7, 11) is 0. The van der Waals surface area contributed by atoms with Gasteiger partial charge in [0.2, 0.25) is 5.78 Å². The van der Waals surface area contributed by atoms with Crippen LogP contribution >= 0.6 is 0 Å². The van der Waals surface area contributed by atoms with Gasteiger partial charge in [0.05, 0.1) is 0 Å². The van der Waals surface area contributed by atoms with Gasteiger partial charge >= 0.3 is 5.97 Å². The fraction of sp³-hybridized carbons (Fsp3) is 0.500. The Morgan fingerprint density at radius 1 is 1.55 bits per heavy atom. The molecule has 1 saturated heterocycles. The summed E-state index contributed by atoms with van der Waals surface area (Å²) in [6, 6.07) is 0. The molecule has 0 amide bonds. The minimum Gasteiger partial charge on any atom is -0.450 e. The Morgan fingerprint density at radius 2 is 2.18 bits per heavy atom. The average Bonchev–Trinajstić information content (AvgIpc) is 2.26. The Bertz CT molecular complexity index is 227. The molecule has 0 N–H and O–H groups in total. The molecule has 0 radical (unpaired) electrons. The summed E-state index contributed by atoms with van der Waals surface area (Å²) in [6.07, 6.45) is 1.52. The highest BCUT2D eigenvalue weighted by Crippen LogP contribution is 2.18. The van der Waals surface area contributed by atoms with Crippen LogP contribution in [0.2, 0.25) is 0 Å². The Labute approximate surface area is 65.0 Å². The van der Waals surface area contributed by atoms with E-state index in [2.05, 4.69) is 0 Å². The molecule has 0 aromatic heterocycles. The van der Waals surface area contributed by atoms with E-state index in [1.807, 2.05) is 6.92 Å². The van der Waals surface area contributed by atoms with E-state index < -0.39 is 12.1 Å². The fourth-order valence-corrected chi connectivity index (χ4v) is 1.05. The first-order valence-corrected chi connectivity index (χ1v) is 3.62. The lowest BCUT2D eigenvalue weighted by Crippen LogP contribution is -2.13. The molecule has 3 heteroatoms. The largest absolute Gasteiger partial charge is 0.450 e. The number of hydrogen-bond donors (Lipinski definition) is 0. The molecule has 3 nitrogen and oxygen atoms in total. The van der Waals surface area contributed by atoms with Crippen LogP contribution in [0.25, 0.3) is 0 Å². The van der Waals surface area contributed by atoms with E-state index in [9.17, 15) is 9.59 Å². The Balaban J connectivity index is 2.88. The van der Waals surface area contributed by atoms with Crippen LogP contribution < -0.4 is 0 Å². The maximum absolute atomic E-state index is 11.2. The summed E-state index contributed by atoms with van der Waals surface area (Å²) >= 11 is 0. The van der Waals surface area contributed by atoms with Crippen LogP contribution in [0.15, 0.2) is 11.6 Å². The Morgan fingerprint density at radius 3 is 2.45 bits per heavy atom. The topological polar surface area (TPSA) is 43.4 Å². The van der Waals surface area contributed by atoms with Gasteiger partial charge in [-0.25, -0.2) is 4.79 Å². The highest BCUT2D eigenvalue weighted by molar-refractivity contribution is 6.23. The summed E-state index contributed by atoms with van der Waals surface area (Å²) in [5, 5.41) is 0. The number of ketones is 1. The molecule has 0 saturated carbocycles. The van der Waals surface area contributed by atoms with Crippen molar-refractivity contribution in [2.24, 2.45) is 0 Å². The highest BCUT2D eigenvalue weighted by atomic mass is 16.6. The molecule has 0 aliphatic carbocycles. The van der Waals surface area contributed by atoms with Gasteiger partial charge in [0.1, 0.15) is 5.57 Å². The van der Waals surface area contributed by atoms with Crippen molar-refractivity contribution in [3.8, 4) is 0 Å². The quantitative estimate of drug-likeness (QED) is 0.319. The molecule has 1 heterocycles. The monoisotopic (exact) mass is 154 g/mol. The summed E-state index contributed by atoms with van der Waals surface area (Å²) in [4.78, 5) is 22.0. The lowest BCUT2D eigenvalue weighted by molar-refractivity contribution is -0.140. The molecule has 1 rings (SSSR count). The molecule has 0 bridgehead atoms. The number of rotatable bonds is 1. The number of carbonyl (C=O) groups excluding carboxylic acids is 2. The van der Waals surface area contributed by atoms with Gasteiger partial charge in [-0.3, -0.25) is 4.79 Å². The predicted octanol–water partition coefficient (Wildman–Crippen LogP) is 0.837.